The number of hydrogen-bond acceptors (Lipinski definition) is 2. The minimum Gasteiger partial charge on any atom is -0.342 e. The van der Waals surface area contributed by atoms with Crippen LogP contribution >= 0.6 is 0 Å². The van der Waals surface area contributed by atoms with Gasteiger partial charge in [-0.3, -0.25) is 4.79 Å². The summed E-state index contributed by atoms with van der Waals surface area (Å²) in [7, 11) is 0. The Hall–Kier alpha value is -0.570. The van der Waals surface area contributed by atoms with E-state index in [-0.39, 0.29) is 0 Å². The lowest BCUT2D eigenvalue weighted by molar-refractivity contribution is -0.131. The Morgan fingerprint density at radius 1 is 1.27 bits per heavy atom. The molecule has 2 fully saturated rings. The molecule has 2 aliphatic rings. The van der Waals surface area contributed by atoms with Gasteiger partial charge in [-0.25, -0.2) is 0 Å². The van der Waals surface area contributed by atoms with Crippen LogP contribution in [-0.2, 0) is 4.79 Å². The molecular weight excluding hydrogens is 188 g/mol. The number of amides is 1. The maximum atomic E-state index is 11.8. The number of nitrogens with zero attached hydrogens (tertiary/aromatic N) is 1. The number of rotatable bonds is 4. The van der Waals surface area contributed by atoms with Crippen LogP contribution in [0.5, 0.6) is 0 Å². The van der Waals surface area contributed by atoms with Crippen molar-refractivity contribution in [3.8, 4) is 0 Å². The predicted octanol–water partition coefficient (Wildman–Crippen LogP) is 1.52. The van der Waals surface area contributed by atoms with Crippen molar-refractivity contribution in [3.05, 3.63) is 0 Å². The zero-order valence-corrected chi connectivity index (χ0v) is 9.50. The van der Waals surface area contributed by atoms with Crippen molar-refractivity contribution in [2.24, 2.45) is 11.1 Å². The molecule has 1 heterocycles. The third-order valence-corrected chi connectivity index (χ3v) is 3.83. The summed E-state index contributed by atoms with van der Waals surface area (Å²) in [6.07, 6.45) is 7.88. The quantitative estimate of drug-likeness (QED) is 0.764. The van der Waals surface area contributed by atoms with E-state index in [9.17, 15) is 4.79 Å². The van der Waals surface area contributed by atoms with Gasteiger partial charge in [0.25, 0.3) is 0 Å². The highest BCUT2D eigenvalue weighted by Crippen LogP contribution is 2.49. The summed E-state index contributed by atoms with van der Waals surface area (Å²) < 4.78 is 0. The summed E-state index contributed by atoms with van der Waals surface area (Å²) in [5.41, 5.74) is 6.03. The summed E-state index contributed by atoms with van der Waals surface area (Å²) in [5, 5.41) is 0. The molecule has 0 aromatic heterocycles. The molecule has 3 heteroatoms. The second-order valence-electron chi connectivity index (χ2n) is 5.16. The molecule has 0 aromatic carbocycles. The Morgan fingerprint density at radius 3 is 2.73 bits per heavy atom. The average Bonchev–Trinajstić information content (AvgIpc) is 2.97. The molecule has 15 heavy (non-hydrogen) atoms. The Morgan fingerprint density at radius 2 is 2.07 bits per heavy atom. The fourth-order valence-electron chi connectivity index (χ4n) is 2.58. The van der Waals surface area contributed by atoms with Crippen molar-refractivity contribution in [1.29, 1.82) is 0 Å². The van der Waals surface area contributed by atoms with Crippen molar-refractivity contribution in [1.82, 2.24) is 4.90 Å². The van der Waals surface area contributed by atoms with Crippen molar-refractivity contribution in [2.45, 2.75) is 44.9 Å². The molecule has 0 bridgehead atoms. The van der Waals surface area contributed by atoms with Crippen molar-refractivity contribution >= 4 is 5.91 Å². The van der Waals surface area contributed by atoms with Crippen LogP contribution in [0.2, 0.25) is 0 Å². The molecule has 1 aliphatic carbocycles. The van der Waals surface area contributed by atoms with Gasteiger partial charge >= 0.3 is 0 Å². The monoisotopic (exact) mass is 210 g/mol. The number of carbonyl (C=O) groups is 1. The van der Waals surface area contributed by atoms with Crippen LogP contribution in [-0.4, -0.2) is 30.4 Å². The van der Waals surface area contributed by atoms with E-state index in [1.807, 2.05) is 0 Å². The minimum atomic E-state index is 0.371. The van der Waals surface area contributed by atoms with E-state index in [1.165, 1.54) is 25.7 Å². The van der Waals surface area contributed by atoms with Gasteiger partial charge in [0.2, 0.25) is 5.91 Å². The van der Waals surface area contributed by atoms with Gasteiger partial charge in [-0.15, -0.1) is 0 Å². The molecule has 0 unspecified atom stereocenters. The SMILES string of the molecule is NCCC1(CN2CCCCCC2=O)CC1. The molecule has 3 nitrogen and oxygen atoms in total. The number of carbonyl (C=O) groups excluding carboxylic acids is 1. The second-order valence-corrected chi connectivity index (χ2v) is 5.16. The van der Waals surface area contributed by atoms with Crippen molar-refractivity contribution < 1.29 is 4.79 Å². The van der Waals surface area contributed by atoms with Gasteiger partial charge in [-0.1, -0.05) is 6.42 Å². The van der Waals surface area contributed by atoms with Crippen LogP contribution in [0.1, 0.15) is 44.9 Å². The topological polar surface area (TPSA) is 46.3 Å². The Bertz CT molecular complexity index is 236. The summed E-state index contributed by atoms with van der Waals surface area (Å²) in [4.78, 5) is 13.9. The van der Waals surface area contributed by atoms with E-state index in [4.69, 9.17) is 5.73 Å². The van der Waals surface area contributed by atoms with E-state index in [1.54, 1.807) is 0 Å². The fourth-order valence-corrected chi connectivity index (χ4v) is 2.58. The molecule has 1 amide bonds. The zero-order chi connectivity index (χ0) is 10.7. The lowest BCUT2D eigenvalue weighted by Crippen LogP contribution is -2.36. The average molecular weight is 210 g/mol. The van der Waals surface area contributed by atoms with Gasteiger partial charge in [0.05, 0.1) is 0 Å². The van der Waals surface area contributed by atoms with Gasteiger partial charge in [0, 0.05) is 19.5 Å². The van der Waals surface area contributed by atoms with Crippen molar-refractivity contribution in [3.63, 3.8) is 0 Å². The van der Waals surface area contributed by atoms with Crippen LogP contribution in [0.3, 0.4) is 0 Å². The van der Waals surface area contributed by atoms with Crippen LogP contribution in [0.15, 0.2) is 0 Å². The molecule has 0 radical (unpaired) electrons. The van der Waals surface area contributed by atoms with Crippen LogP contribution in [0, 0.1) is 5.41 Å². The normalized spacial score (nSPS) is 25.1. The Balaban J connectivity index is 1.89. The molecular formula is C12H22N2O. The molecule has 2 N–H and O–H groups in total. The van der Waals surface area contributed by atoms with Crippen molar-refractivity contribution in [2.75, 3.05) is 19.6 Å². The number of hydrogen-bond donors (Lipinski definition) is 1. The van der Waals surface area contributed by atoms with Gasteiger partial charge < -0.3 is 10.6 Å². The maximum Gasteiger partial charge on any atom is 0.222 e. The van der Waals surface area contributed by atoms with E-state index in [2.05, 4.69) is 4.90 Å². The fraction of sp³-hybridized carbons (Fsp3) is 0.917. The third-order valence-electron chi connectivity index (χ3n) is 3.83. The van der Waals surface area contributed by atoms with Crippen LogP contribution in [0.25, 0.3) is 0 Å². The number of likely N-dealkylation sites (tertiary alicyclic amines) is 1. The molecule has 2 rings (SSSR count). The zero-order valence-electron chi connectivity index (χ0n) is 9.50. The van der Waals surface area contributed by atoms with Gasteiger partial charge in [0.1, 0.15) is 0 Å². The first-order valence-electron chi connectivity index (χ1n) is 6.24. The summed E-state index contributed by atoms with van der Waals surface area (Å²) in [6.45, 7) is 2.72. The van der Waals surface area contributed by atoms with Crippen LogP contribution < -0.4 is 5.73 Å². The predicted molar refractivity (Wildman–Crippen MR) is 60.4 cm³/mol. The third kappa shape index (κ3) is 2.71. The smallest absolute Gasteiger partial charge is 0.222 e. The summed E-state index contributed by atoms with van der Waals surface area (Å²) >= 11 is 0. The second kappa shape index (κ2) is 4.52. The molecule has 86 valence electrons. The Kier molecular flexibility index (Phi) is 3.29. The van der Waals surface area contributed by atoms with E-state index < -0.39 is 0 Å². The molecule has 0 atom stereocenters. The van der Waals surface area contributed by atoms with Gasteiger partial charge in [-0.2, -0.15) is 0 Å². The van der Waals surface area contributed by atoms with E-state index in [0.717, 1.165) is 38.9 Å². The van der Waals surface area contributed by atoms with E-state index in [0.29, 0.717) is 11.3 Å². The lowest BCUT2D eigenvalue weighted by atomic mass is 10.0. The molecule has 1 saturated carbocycles. The highest BCUT2D eigenvalue weighted by molar-refractivity contribution is 5.76. The first-order chi connectivity index (χ1) is 7.26. The highest BCUT2D eigenvalue weighted by Gasteiger charge is 2.43. The van der Waals surface area contributed by atoms with E-state index >= 15 is 0 Å². The molecule has 0 spiro atoms. The molecule has 0 aromatic rings. The summed E-state index contributed by atoms with van der Waals surface area (Å²) in [5.74, 6) is 0.371. The largest absolute Gasteiger partial charge is 0.342 e. The van der Waals surface area contributed by atoms with Gasteiger partial charge in [-0.05, 0) is 44.1 Å². The Labute approximate surface area is 92.0 Å². The standard InChI is InChI=1S/C12H22N2O/c13-8-7-12(5-6-12)10-14-9-3-1-2-4-11(14)15/h1-10,13H2. The maximum absolute atomic E-state index is 11.8. The highest BCUT2D eigenvalue weighted by atomic mass is 16.2. The molecule has 1 saturated heterocycles. The molecule has 1 aliphatic heterocycles. The first kappa shape index (κ1) is 10.9. The number of nitrogens with two attached hydrogens (primary N) is 1. The minimum absolute atomic E-state index is 0.371. The lowest BCUT2D eigenvalue weighted by Gasteiger charge is -2.26. The summed E-state index contributed by atoms with van der Waals surface area (Å²) in [6, 6.07) is 0. The van der Waals surface area contributed by atoms with Crippen LogP contribution in [0.4, 0.5) is 0 Å². The van der Waals surface area contributed by atoms with Gasteiger partial charge in [0.15, 0.2) is 0 Å². The first-order valence-corrected chi connectivity index (χ1v) is 6.24.